The molecule has 0 bridgehead atoms. The van der Waals surface area contributed by atoms with Crippen molar-refractivity contribution in [3.05, 3.63) is 50.7 Å². The van der Waals surface area contributed by atoms with Crippen molar-refractivity contribution in [1.82, 2.24) is 4.57 Å². The van der Waals surface area contributed by atoms with E-state index >= 15 is 0 Å². The van der Waals surface area contributed by atoms with Crippen LogP contribution in [-0.2, 0) is 13.1 Å². The smallest absolute Gasteiger partial charge is 0.0638 e. The first-order chi connectivity index (χ1) is 9.02. The third-order valence-electron chi connectivity index (χ3n) is 3.39. The Morgan fingerprint density at radius 3 is 2.63 bits per heavy atom. The number of aryl methyl sites for hydroxylation is 1. The number of nitrogens with one attached hydrogen (secondary N) is 1. The standard InChI is InChI=1S/C15H18BrClN2/c1-4-19-10(2)7-12(11(19)3)9-18-15-8-13(16)5-6-14(15)17/h5-8,18H,4,9H2,1-3H3. The Labute approximate surface area is 127 Å². The molecule has 0 atom stereocenters. The summed E-state index contributed by atoms with van der Waals surface area (Å²) >= 11 is 9.64. The van der Waals surface area contributed by atoms with E-state index in [9.17, 15) is 0 Å². The Hall–Kier alpha value is -0.930. The van der Waals surface area contributed by atoms with E-state index in [4.69, 9.17) is 11.6 Å². The molecule has 1 aromatic carbocycles. The topological polar surface area (TPSA) is 17.0 Å². The van der Waals surface area contributed by atoms with E-state index in [1.54, 1.807) is 0 Å². The number of benzene rings is 1. The Bertz CT molecular complexity index is 590. The van der Waals surface area contributed by atoms with Crippen molar-refractivity contribution < 1.29 is 0 Å². The second kappa shape index (κ2) is 6.02. The molecule has 0 unspecified atom stereocenters. The Morgan fingerprint density at radius 1 is 1.26 bits per heavy atom. The average Bonchev–Trinajstić information content (AvgIpc) is 2.65. The summed E-state index contributed by atoms with van der Waals surface area (Å²) in [6.07, 6.45) is 0. The molecule has 2 aromatic rings. The van der Waals surface area contributed by atoms with Gasteiger partial charge in [-0.05, 0) is 50.6 Å². The highest BCUT2D eigenvalue weighted by Crippen LogP contribution is 2.26. The van der Waals surface area contributed by atoms with Gasteiger partial charge in [-0.25, -0.2) is 0 Å². The van der Waals surface area contributed by atoms with Gasteiger partial charge < -0.3 is 9.88 Å². The summed E-state index contributed by atoms with van der Waals surface area (Å²) in [5.74, 6) is 0. The molecule has 1 heterocycles. The van der Waals surface area contributed by atoms with Crippen LogP contribution in [0.2, 0.25) is 5.02 Å². The molecule has 0 aliphatic carbocycles. The molecule has 0 spiro atoms. The predicted octanol–water partition coefficient (Wildman–Crippen LogP) is 5.15. The molecule has 0 aliphatic rings. The zero-order valence-corrected chi connectivity index (χ0v) is 13.8. The predicted molar refractivity (Wildman–Crippen MR) is 86.1 cm³/mol. The number of nitrogens with zero attached hydrogens (tertiary/aromatic N) is 1. The maximum Gasteiger partial charge on any atom is 0.0638 e. The molecule has 1 aromatic heterocycles. The first kappa shape index (κ1) is 14.5. The second-order valence-electron chi connectivity index (χ2n) is 4.62. The van der Waals surface area contributed by atoms with Gasteiger partial charge in [0, 0.05) is 29.0 Å². The Balaban J connectivity index is 2.17. The summed E-state index contributed by atoms with van der Waals surface area (Å²) in [4.78, 5) is 0. The SMILES string of the molecule is CCn1c(C)cc(CNc2cc(Br)ccc2Cl)c1C. The highest BCUT2D eigenvalue weighted by molar-refractivity contribution is 9.10. The van der Waals surface area contributed by atoms with Gasteiger partial charge in [-0.1, -0.05) is 27.5 Å². The van der Waals surface area contributed by atoms with Crippen molar-refractivity contribution in [3.8, 4) is 0 Å². The first-order valence-electron chi connectivity index (χ1n) is 6.37. The van der Waals surface area contributed by atoms with Crippen molar-refractivity contribution in [3.63, 3.8) is 0 Å². The molecule has 2 nitrogen and oxygen atoms in total. The fourth-order valence-corrected chi connectivity index (χ4v) is 2.91. The second-order valence-corrected chi connectivity index (χ2v) is 5.94. The fraction of sp³-hybridized carbons (Fsp3) is 0.333. The molecular weight excluding hydrogens is 324 g/mol. The zero-order chi connectivity index (χ0) is 14.0. The van der Waals surface area contributed by atoms with Crippen LogP contribution in [0.1, 0.15) is 23.9 Å². The lowest BCUT2D eigenvalue weighted by atomic mass is 10.2. The lowest BCUT2D eigenvalue weighted by molar-refractivity contribution is 0.715. The quantitative estimate of drug-likeness (QED) is 0.813. The van der Waals surface area contributed by atoms with Crippen molar-refractivity contribution >= 4 is 33.2 Å². The number of aromatic nitrogens is 1. The van der Waals surface area contributed by atoms with E-state index in [-0.39, 0.29) is 0 Å². The van der Waals surface area contributed by atoms with Crippen molar-refractivity contribution in [2.45, 2.75) is 33.9 Å². The molecule has 0 saturated heterocycles. The number of rotatable bonds is 4. The monoisotopic (exact) mass is 340 g/mol. The van der Waals surface area contributed by atoms with Gasteiger partial charge in [0.05, 0.1) is 10.7 Å². The molecular formula is C15H18BrClN2. The van der Waals surface area contributed by atoms with E-state index in [2.05, 4.69) is 52.7 Å². The van der Waals surface area contributed by atoms with Gasteiger partial charge in [0.15, 0.2) is 0 Å². The molecule has 102 valence electrons. The van der Waals surface area contributed by atoms with E-state index in [0.29, 0.717) is 0 Å². The number of hydrogen-bond donors (Lipinski definition) is 1. The number of hydrogen-bond acceptors (Lipinski definition) is 1. The molecule has 19 heavy (non-hydrogen) atoms. The van der Waals surface area contributed by atoms with E-state index in [0.717, 1.165) is 28.3 Å². The van der Waals surface area contributed by atoms with Crippen LogP contribution in [0.15, 0.2) is 28.7 Å². The van der Waals surface area contributed by atoms with Crippen LogP contribution < -0.4 is 5.32 Å². The molecule has 0 saturated carbocycles. The minimum atomic E-state index is 0.743. The van der Waals surface area contributed by atoms with E-state index in [1.165, 1.54) is 17.0 Å². The van der Waals surface area contributed by atoms with Gasteiger partial charge in [0.2, 0.25) is 0 Å². The van der Waals surface area contributed by atoms with E-state index < -0.39 is 0 Å². The summed E-state index contributed by atoms with van der Waals surface area (Å²) in [7, 11) is 0. The fourth-order valence-electron chi connectivity index (χ4n) is 2.36. The third-order valence-corrected chi connectivity index (χ3v) is 4.22. The van der Waals surface area contributed by atoms with Crippen LogP contribution in [0.5, 0.6) is 0 Å². The summed E-state index contributed by atoms with van der Waals surface area (Å²) in [6.45, 7) is 8.27. The molecule has 0 fully saturated rings. The lowest BCUT2D eigenvalue weighted by Gasteiger charge is -2.10. The Kier molecular flexibility index (Phi) is 4.58. The van der Waals surface area contributed by atoms with Gasteiger partial charge in [-0.2, -0.15) is 0 Å². The molecule has 0 amide bonds. The minimum Gasteiger partial charge on any atom is -0.380 e. The molecule has 4 heteroatoms. The molecule has 1 N–H and O–H groups in total. The maximum atomic E-state index is 6.18. The minimum absolute atomic E-state index is 0.743. The highest BCUT2D eigenvalue weighted by atomic mass is 79.9. The highest BCUT2D eigenvalue weighted by Gasteiger charge is 2.08. The van der Waals surface area contributed by atoms with Gasteiger partial charge in [0.25, 0.3) is 0 Å². The normalized spacial score (nSPS) is 10.8. The van der Waals surface area contributed by atoms with Gasteiger partial charge in [-0.15, -0.1) is 0 Å². The first-order valence-corrected chi connectivity index (χ1v) is 7.54. The average molecular weight is 342 g/mol. The zero-order valence-electron chi connectivity index (χ0n) is 11.4. The van der Waals surface area contributed by atoms with Crippen LogP contribution in [0.4, 0.5) is 5.69 Å². The van der Waals surface area contributed by atoms with Crippen molar-refractivity contribution in [2.24, 2.45) is 0 Å². The van der Waals surface area contributed by atoms with Crippen molar-refractivity contribution in [1.29, 1.82) is 0 Å². The molecule has 0 aliphatic heterocycles. The van der Waals surface area contributed by atoms with E-state index in [1.807, 2.05) is 18.2 Å². The molecule has 2 rings (SSSR count). The van der Waals surface area contributed by atoms with Crippen LogP contribution in [-0.4, -0.2) is 4.57 Å². The maximum absolute atomic E-state index is 6.18. The third kappa shape index (κ3) is 3.15. The summed E-state index contributed by atoms with van der Waals surface area (Å²) in [6, 6.07) is 8.07. The van der Waals surface area contributed by atoms with Crippen LogP contribution in [0.3, 0.4) is 0 Å². The van der Waals surface area contributed by atoms with Gasteiger partial charge >= 0.3 is 0 Å². The number of anilines is 1. The summed E-state index contributed by atoms with van der Waals surface area (Å²) < 4.78 is 3.35. The van der Waals surface area contributed by atoms with Gasteiger partial charge in [0.1, 0.15) is 0 Å². The summed E-state index contributed by atoms with van der Waals surface area (Å²) in [5.41, 5.74) is 4.89. The summed E-state index contributed by atoms with van der Waals surface area (Å²) in [5, 5.41) is 4.14. The van der Waals surface area contributed by atoms with Crippen LogP contribution in [0.25, 0.3) is 0 Å². The number of halogens is 2. The Morgan fingerprint density at radius 2 is 2.00 bits per heavy atom. The van der Waals surface area contributed by atoms with Crippen molar-refractivity contribution in [2.75, 3.05) is 5.32 Å². The van der Waals surface area contributed by atoms with Crippen LogP contribution in [0, 0.1) is 13.8 Å². The largest absolute Gasteiger partial charge is 0.380 e. The van der Waals surface area contributed by atoms with Crippen LogP contribution >= 0.6 is 27.5 Å². The van der Waals surface area contributed by atoms with Gasteiger partial charge in [-0.3, -0.25) is 0 Å². The lowest BCUT2D eigenvalue weighted by Crippen LogP contribution is -2.03. The molecule has 0 radical (unpaired) electrons.